The Morgan fingerprint density at radius 1 is 1.35 bits per heavy atom. The number of imide groups is 1. The number of urea groups is 1. The van der Waals surface area contributed by atoms with Crippen molar-refractivity contribution in [3.8, 4) is 5.75 Å². The fourth-order valence-electron chi connectivity index (χ4n) is 2.32. The molecule has 0 bridgehead atoms. The number of hydrogen-bond donors (Lipinski definition) is 2. The predicted molar refractivity (Wildman–Crippen MR) is 82.5 cm³/mol. The number of non-ortho nitro benzene ring substituents is 1. The largest absolute Gasteiger partial charge is 0.482 e. The third kappa shape index (κ3) is 5.10. The van der Waals surface area contributed by atoms with Crippen LogP contribution in [-0.2, 0) is 4.79 Å². The van der Waals surface area contributed by atoms with Crippen LogP contribution in [0.3, 0.4) is 0 Å². The number of rotatable bonds is 5. The van der Waals surface area contributed by atoms with Crippen molar-refractivity contribution in [3.63, 3.8) is 0 Å². The molecule has 0 radical (unpaired) electrons. The number of amides is 3. The van der Waals surface area contributed by atoms with E-state index in [1.54, 1.807) is 0 Å². The first-order valence-corrected chi connectivity index (χ1v) is 7.50. The number of nitro benzene ring substituents is 1. The van der Waals surface area contributed by atoms with Gasteiger partial charge >= 0.3 is 6.03 Å². The van der Waals surface area contributed by atoms with E-state index in [0.29, 0.717) is 0 Å². The number of nitrogens with zero attached hydrogens (tertiary/aromatic N) is 1. The molecule has 0 aromatic heterocycles. The van der Waals surface area contributed by atoms with Gasteiger partial charge < -0.3 is 10.1 Å². The SMILES string of the molecule is O=C(COc1ccc([N+](=O)[O-])cc1Cl)NC(=O)NC1CCCC1. The maximum atomic E-state index is 11.6. The van der Waals surface area contributed by atoms with E-state index in [1.165, 1.54) is 12.1 Å². The molecule has 0 atom stereocenters. The molecule has 1 aromatic rings. The first-order valence-electron chi connectivity index (χ1n) is 7.13. The molecule has 0 spiro atoms. The summed E-state index contributed by atoms with van der Waals surface area (Å²) in [4.78, 5) is 33.3. The zero-order valence-corrected chi connectivity index (χ0v) is 13.0. The number of carbonyl (C=O) groups is 2. The monoisotopic (exact) mass is 341 g/mol. The Labute approximate surface area is 137 Å². The van der Waals surface area contributed by atoms with Crippen LogP contribution < -0.4 is 15.4 Å². The molecule has 1 fully saturated rings. The maximum Gasteiger partial charge on any atom is 0.321 e. The van der Waals surface area contributed by atoms with Gasteiger partial charge in [-0.05, 0) is 18.9 Å². The summed E-state index contributed by atoms with van der Waals surface area (Å²) in [5, 5.41) is 15.5. The van der Waals surface area contributed by atoms with Gasteiger partial charge in [-0.1, -0.05) is 24.4 Å². The number of nitro groups is 1. The highest BCUT2D eigenvalue weighted by Crippen LogP contribution is 2.28. The molecular formula is C14H16ClN3O5. The van der Waals surface area contributed by atoms with Gasteiger partial charge in [0.15, 0.2) is 6.61 Å². The lowest BCUT2D eigenvalue weighted by molar-refractivity contribution is -0.384. The number of benzene rings is 1. The summed E-state index contributed by atoms with van der Waals surface area (Å²) in [6.45, 7) is -0.421. The van der Waals surface area contributed by atoms with E-state index < -0.39 is 23.5 Å². The highest BCUT2D eigenvalue weighted by Gasteiger charge is 2.18. The number of halogens is 1. The zero-order chi connectivity index (χ0) is 16.8. The standard InChI is InChI=1S/C14H16ClN3O5/c15-11-7-10(18(21)22)5-6-12(11)23-8-13(19)17-14(20)16-9-3-1-2-4-9/h5-7,9H,1-4,8H2,(H2,16,17,19,20). The van der Waals surface area contributed by atoms with E-state index in [2.05, 4.69) is 10.6 Å². The molecule has 3 amide bonds. The minimum Gasteiger partial charge on any atom is -0.482 e. The van der Waals surface area contributed by atoms with Gasteiger partial charge in [-0.25, -0.2) is 4.79 Å². The molecule has 0 aliphatic heterocycles. The summed E-state index contributed by atoms with van der Waals surface area (Å²) in [5.41, 5.74) is -0.178. The normalized spacial score (nSPS) is 14.3. The van der Waals surface area contributed by atoms with Gasteiger partial charge in [0, 0.05) is 18.2 Å². The second kappa shape index (κ2) is 7.77. The first-order chi connectivity index (χ1) is 11.0. The summed E-state index contributed by atoms with van der Waals surface area (Å²) in [5.74, 6) is -0.501. The number of hydrogen-bond acceptors (Lipinski definition) is 5. The van der Waals surface area contributed by atoms with Crippen molar-refractivity contribution in [1.29, 1.82) is 0 Å². The van der Waals surface area contributed by atoms with Gasteiger partial charge in [-0.15, -0.1) is 0 Å². The second-order valence-electron chi connectivity index (χ2n) is 5.16. The van der Waals surface area contributed by atoms with Gasteiger partial charge in [0.25, 0.3) is 11.6 Å². The van der Waals surface area contributed by atoms with E-state index >= 15 is 0 Å². The second-order valence-corrected chi connectivity index (χ2v) is 5.57. The average Bonchev–Trinajstić information content (AvgIpc) is 2.98. The van der Waals surface area contributed by atoms with Crippen molar-refractivity contribution in [2.45, 2.75) is 31.7 Å². The van der Waals surface area contributed by atoms with Crippen molar-refractivity contribution < 1.29 is 19.2 Å². The van der Waals surface area contributed by atoms with Crippen LogP contribution in [0.5, 0.6) is 5.75 Å². The highest BCUT2D eigenvalue weighted by atomic mass is 35.5. The van der Waals surface area contributed by atoms with Gasteiger partial charge in [0.2, 0.25) is 0 Å². The molecular weight excluding hydrogens is 326 g/mol. The zero-order valence-electron chi connectivity index (χ0n) is 12.2. The van der Waals surface area contributed by atoms with E-state index in [1.807, 2.05) is 0 Å². The third-order valence-electron chi connectivity index (χ3n) is 3.43. The third-order valence-corrected chi connectivity index (χ3v) is 3.72. The quantitative estimate of drug-likeness (QED) is 0.631. The Bertz CT molecular complexity index is 616. The first kappa shape index (κ1) is 17.0. The molecule has 1 saturated carbocycles. The lowest BCUT2D eigenvalue weighted by Gasteiger charge is -2.12. The van der Waals surface area contributed by atoms with Crippen LogP contribution in [0.1, 0.15) is 25.7 Å². The van der Waals surface area contributed by atoms with Gasteiger partial charge in [-0.3, -0.25) is 20.2 Å². The van der Waals surface area contributed by atoms with Crippen LogP contribution in [0.4, 0.5) is 10.5 Å². The van der Waals surface area contributed by atoms with Crippen molar-refractivity contribution in [2.24, 2.45) is 0 Å². The molecule has 1 aromatic carbocycles. The van der Waals surface area contributed by atoms with Crippen molar-refractivity contribution in [1.82, 2.24) is 10.6 Å². The molecule has 9 heteroatoms. The molecule has 8 nitrogen and oxygen atoms in total. The Kier molecular flexibility index (Phi) is 5.75. The minimum absolute atomic E-state index is 0.0161. The van der Waals surface area contributed by atoms with E-state index in [0.717, 1.165) is 31.7 Å². The van der Waals surface area contributed by atoms with Crippen LogP contribution in [0.25, 0.3) is 0 Å². The molecule has 2 rings (SSSR count). The van der Waals surface area contributed by atoms with Crippen molar-refractivity contribution >= 4 is 29.2 Å². The van der Waals surface area contributed by atoms with Crippen LogP contribution in [0.15, 0.2) is 18.2 Å². The van der Waals surface area contributed by atoms with E-state index in [4.69, 9.17) is 16.3 Å². The molecule has 0 heterocycles. The fourth-order valence-corrected chi connectivity index (χ4v) is 2.55. The van der Waals surface area contributed by atoms with E-state index in [-0.39, 0.29) is 22.5 Å². The smallest absolute Gasteiger partial charge is 0.321 e. The van der Waals surface area contributed by atoms with Gasteiger partial charge in [0.05, 0.1) is 9.95 Å². The van der Waals surface area contributed by atoms with E-state index in [9.17, 15) is 19.7 Å². The molecule has 124 valence electrons. The van der Waals surface area contributed by atoms with Crippen LogP contribution in [-0.4, -0.2) is 29.5 Å². The number of nitrogens with one attached hydrogen (secondary N) is 2. The summed E-state index contributed by atoms with van der Waals surface area (Å²) >= 11 is 5.84. The molecule has 0 unspecified atom stereocenters. The number of ether oxygens (including phenoxy) is 1. The Morgan fingerprint density at radius 3 is 2.65 bits per heavy atom. The van der Waals surface area contributed by atoms with Gasteiger partial charge in [0.1, 0.15) is 5.75 Å². The van der Waals surface area contributed by atoms with Crippen molar-refractivity contribution in [2.75, 3.05) is 6.61 Å². The Balaban J connectivity index is 1.79. The predicted octanol–water partition coefficient (Wildman–Crippen LogP) is 2.40. The lowest BCUT2D eigenvalue weighted by Crippen LogP contribution is -2.45. The lowest BCUT2D eigenvalue weighted by atomic mass is 10.2. The Morgan fingerprint density at radius 2 is 2.04 bits per heavy atom. The highest BCUT2D eigenvalue weighted by molar-refractivity contribution is 6.32. The summed E-state index contributed by atoms with van der Waals surface area (Å²) in [6, 6.07) is 3.19. The average molecular weight is 342 g/mol. The molecule has 23 heavy (non-hydrogen) atoms. The van der Waals surface area contributed by atoms with Gasteiger partial charge in [-0.2, -0.15) is 0 Å². The van der Waals surface area contributed by atoms with Crippen molar-refractivity contribution in [3.05, 3.63) is 33.3 Å². The summed E-state index contributed by atoms with van der Waals surface area (Å²) < 4.78 is 5.16. The molecule has 2 N–H and O–H groups in total. The topological polar surface area (TPSA) is 111 Å². The Hall–Kier alpha value is -2.35. The maximum absolute atomic E-state index is 11.6. The van der Waals surface area contributed by atoms with Crippen LogP contribution >= 0.6 is 11.6 Å². The minimum atomic E-state index is -0.630. The van der Waals surface area contributed by atoms with Crippen LogP contribution in [0, 0.1) is 10.1 Å². The molecule has 0 saturated heterocycles. The number of carbonyl (C=O) groups excluding carboxylic acids is 2. The van der Waals surface area contributed by atoms with Crippen LogP contribution in [0.2, 0.25) is 5.02 Å². The molecule has 1 aliphatic carbocycles. The summed E-state index contributed by atoms with van der Waals surface area (Å²) in [7, 11) is 0. The summed E-state index contributed by atoms with van der Waals surface area (Å²) in [6.07, 6.45) is 3.97. The molecule has 1 aliphatic rings. The fraction of sp³-hybridized carbons (Fsp3) is 0.429.